The molecule has 1 aromatic carbocycles. The normalized spacial score (nSPS) is 12.6. The fourth-order valence-electron chi connectivity index (χ4n) is 1.88. The highest BCUT2D eigenvalue weighted by Crippen LogP contribution is 2.38. The SMILES string of the molecule is Cc1cc(C(=O)/C=C(\c2c(F)cc(F)cc2F)C(F)(F)F)sc1Br. The molecular weight excluding hydrogens is 422 g/mol. The summed E-state index contributed by atoms with van der Waals surface area (Å²) in [4.78, 5) is 12.0. The van der Waals surface area contributed by atoms with Crippen molar-refractivity contribution in [3.63, 3.8) is 0 Å². The summed E-state index contributed by atoms with van der Waals surface area (Å²) in [5.74, 6) is -5.91. The van der Waals surface area contributed by atoms with Gasteiger partial charge in [0, 0.05) is 12.1 Å². The van der Waals surface area contributed by atoms with Crippen LogP contribution in [0.4, 0.5) is 26.3 Å². The van der Waals surface area contributed by atoms with Gasteiger partial charge < -0.3 is 0 Å². The number of benzene rings is 1. The fraction of sp³-hybridized carbons (Fsp3) is 0.133. The van der Waals surface area contributed by atoms with Gasteiger partial charge in [-0.05, 0) is 40.6 Å². The number of hydrogen-bond acceptors (Lipinski definition) is 2. The highest BCUT2D eigenvalue weighted by Gasteiger charge is 2.39. The van der Waals surface area contributed by atoms with Gasteiger partial charge >= 0.3 is 6.18 Å². The zero-order valence-electron chi connectivity index (χ0n) is 11.8. The van der Waals surface area contributed by atoms with Crippen molar-refractivity contribution >= 4 is 38.6 Å². The third-order valence-electron chi connectivity index (χ3n) is 2.96. The van der Waals surface area contributed by atoms with Gasteiger partial charge in [0.15, 0.2) is 5.78 Å². The summed E-state index contributed by atoms with van der Waals surface area (Å²) < 4.78 is 80.3. The van der Waals surface area contributed by atoms with Crippen LogP contribution in [-0.4, -0.2) is 12.0 Å². The van der Waals surface area contributed by atoms with Gasteiger partial charge in [0.1, 0.15) is 17.5 Å². The van der Waals surface area contributed by atoms with Crippen molar-refractivity contribution in [1.29, 1.82) is 0 Å². The third kappa shape index (κ3) is 3.89. The number of hydrogen-bond donors (Lipinski definition) is 0. The first kappa shape index (κ1) is 18.7. The standard InChI is InChI=1S/C15H7BrF6OS/c1-6-2-12(24-14(6)16)11(23)5-8(15(20,21)22)13-9(18)3-7(17)4-10(13)19/h2-5H,1H3/b8-5+. The van der Waals surface area contributed by atoms with Crippen LogP contribution in [-0.2, 0) is 0 Å². The maximum Gasteiger partial charge on any atom is 0.417 e. The summed E-state index contributed by atoms with van der Waals surface area (Å²) in [6.45, 7) is 1.63. The van der Waals surface area contributed by atoms with Gasteiger partial charge in [-0.25, -0.2) is 13.2 Å². The largest absolute Gasteiger partial charge is 0.417 e. The molecule has 24 heavy (non-hydrogen) atoms. The molecule has 0 bridgehead atoms. The van der Waals surface area contributed by atoms with Crippen molar-refractivity contribution in [1.82, 2.24) is 0 Å². The van der Waals surface area contributed by atoms with Crippen LogP contribution < -0.4 is 0 Å². The zero-order chi connectivity index (χ0) is 18.2. The minimum Gasteiger partial charge on any atom is -0.288 e. The summed E-state index contributed by atoms with van der Waals surface area (Å²) >= 11 is 4.02. The predicted molar refractivity (Wildman–Crippen MR) is 81.4 cm³/mol. The highest BCUT2D eigenvalue weighted by molar-refractivity contribution is 9.11. The van der Waals surface area contributed by atoms with Crippen LogP contribution in [0.25, 0.3) is 5.57 Å². The summed E-state index contributed by atoms with van der Waals surface area (Å²) in [6, 6.07) is 1.58. The predicted octanol–water partition coefficient (Wildman–Crippen LogP) is 6.06. The van der Waals surface area contributed by atoms with Crippen LogP contribution in [0, 0.1) is 24.4 Å². The van der Waals surface area contributed by atoms with Crippen molar-refractivity contribution in [2.24, 2.45) is 0 Å². The second-order valence-corrected chi connectivity index (χ2v) is 7.10. The van der Waals surface area contributed by atoms with E-state index >= 15 is 0 Å². The lowest BCUT2D eigenvalue weighted by atomic mass is 10.0. The molecule has 0 fully saturated rings. The van der Waals surface area contributed by atoms with E-state index in [1.54, 1.807) is 6.92 Å². The Balaban J connectivity index is 2.60. The molecule has 0 N–H and O–H groups in total. The van der Waals surface area contributed by atoms with E-state index in [0.717, 1.165) is 11.3 Å². The summed E-state index contributed by atoms with van der Waals surface area (Å²) in [6.07, 6.45) is -5.10. The van der Waals surface area contributed by atoms with Gasteiger partial charge in [0.05, 0.1) is 19.8 Å². The number of allylic oxidation sites excluding steroid dienone is 2. The van der Waals surface area contributed by atoms with Crippen molar-refractivity contribution in [3.05, 3.63) is 61.5 Å². The van der Waals surface area contributed by atoms with E-state index in [4.69, 9.17) is 0 Å². The molecule has 2 rings (SSSR count). The van der Waals surface area contributed by atoms with Gasteiger partial charge in [-0.3, -0.25) is 4.79 Å². The molecule has 1 nitrogen and oxygen atoms in total. The molecule has 1 heterocycles. The molecule has 0 atom stereocenters. The average molecular weight is 429 g/mol. The Labute approximate surface area is 144 Å². The molecule has 0 spiro atoms. The molecule has 0 aliphatic rings. The first-order valence-corrected chi connectivity index (χ1v) is 7.85. The van der Waals surface area contributed by atoms with E-state index < -0.39 is 40.5 Å². The van der Waals surface area contributed by atoms with Gasteiger partial charge in [0.2, 0.25) is 0 Å². The van der Waals surface area contributed by atoms with Crippen molar-refractivity contribution in [3.8, 4) is 0 Å². The molecule has 2 aromatic rings. The van der Waals surface area contributed by atoms with E-state index in [1.807, 2.05) is 0 Å². The van der Waals surface area contributed by atoms with Gasteiger partial charge in [0.25, 0.3) is 0 Å². The minimum atomic E-state index is -5.21. The Morgan fingerprint density at radius 2 is 1.67 bits per heavy atom. The van der Waals surface area contributed by atoms with E-state index in [1.165, 1.54) is 6.07 Å². The molecule has 0 saturated heterocycles. The molecule has 128 valence electrons. The molecule has 0 amide bonds. The van der Waals surface area contributed by atoms with Crippen molar-refractivity contribution in [2.45, 2.75) is 13.1 Å². The Morgan fingerprint density at radius 1 is 1.12 bits per heavy atom. The van der Waals surface area contributed by atoms with Crippen LogP contribution >= 0.6 is 27.3 Å². The molecule has 1 aromatic heterocycles. The van der Waals surface area contributed by atoms with E-state index in [-0.39, 0.29) is 23.1 Å². The number of ketones is 1. The Hall–Kier alpha value is -1.61. The van der Waals surface area contributed by atoms with Crippen LogP contribution in [0.5, 0.6) is 0 Å². The zero-order valence-corrected chi connectivity index (χ0v) is 14.2. The number of carbonyl (C=O) groups excluding carboxylic acids is 1. The van der Waals surface area contributed by atoms with Gasteiger partial charge in [-0.2, -0.15) is 13.2 Å². The maximum atomic E-state index is 13.7. The first-order valence-electron chi connectivity index (χ1n) is 6.24. The number of alkyl halides is 3. The summed E-state index contributed by atoms with van der Waals surface area (Å²) in [5.41, 5.74) is -2.68. The quantitative estimate of drug-likeness (QED) is 0.329. The average Bonchev–Trinajstić information content (AvgIpc) is 2.75. The van der Waals surface area contributed by atoms with Crippen LogP contribution in [0.1, 0.15) is 20.8 Å². The van der Waals surface area contributed by atoms with Crippen LogP contribution in [0.3, 0.4) is 0 Å². The number of carbonyl (C=O) groups is 1. The lowest BCUT2D eigenvalue weighted by Gasteiger charge is -2.13. The number of rotatable bonds is 3. The number of thiophene rings is 1. The fourth-order valence-corrected chi connectivity index (χ4v) is 3.32. The van der Waals surface area contributed by atoms with E-state index in [9.17, 15) is 31.1 Å². The first-order chi connectivity index (χ1) is 11.0. The third-order valence-corrected chi connectivity index (χ3v) is 5.11. The number of halogens is 7. The van der Waals surface area contributed by atoms with E-state index in [2.05, 4.69) is 15.9 Å². The molecule has 0 radical (unpaired) electrons. The molecule has 0 saturated carbocycles. The topological polar surface area (TPSA) is 17.1 Å². The van der Waals surface area contributed by atoms with Crippen LogP contribution in [0.2, 0.25) is 0 Å². The Bertz CT molecular complexity index is 794. The minimum absolute atomic E-state index is 0.0379. The Morgan fingerprint density at radius 3 is 2.08 bits per heavy atom. The van der Waals surface area contributed by atoms with Gasteiger partial charge in [-0.1, -0.05) is 0 Å². The molecular formula is C15H7BrF6OS. The molecule has 0 aliphatic heterocycles. The molecule has 0 aliphatic carbocycles. The summed E-state index contributed by atoms with van der Waals surface area (Å²) in [5, 5.41) is 0. The van der Waals surface area contributed by atoms with Crippen molar-refractivity contribution in [2.75, 3.05) is 0 Å². The summed E-state index contributed by atoms with van der Waals surface area (Å²) in [7, 11) is 0. The van der Waals surface area contributed by atoms with Crippen LogP contribution in [0.15, 0.2) is 28.1 Å². The van der Waals surface area contributed by atoms with Gasteiger partial charge in [-0.15, -0.1) is 11.3 Å². The lowest BCUT2D eigenvalue weighted by molar-refractivity contribution is -0.0694. The highest BCUT2D eigenvalue weighted by atomic mass is 79.9. The maximum absolute atomic E-state index is 13.7. The molecule has 9 heteroatoms. The molecule has 0 unspecified atom stereocenters. The second kappa shape index (κ2) is 6.72. The lowest BCUT2D eigenvalue weighted by Crippen LogP contribution is -2.15. The Kier molecular flexibility index (Phi) is 5.24. The number of aryl methyl sites for hydroxylation is 1. The second-order valence-electron chi connectivity index (χ2n) is 4.73. The van der Waals surface area contributed by atoms with Crippen molar-refractivity contribution < 1.29 is 31.1 Å². The monoisotopic (exact) mass is 428 g/mol. The smallest absolute Gasteiger partial charge is 0.288 e. The van der Waals surface area contributed by atoms with E-state index in [0.29, 0.717) is 9.35 Å².